The lowest BCUT2D eigenvalue weighted by Gasteiger charge is -2.23. The largest absolute Gasteiger partial charge is 0.298 e. The quantitative estimate of drug-likeness (QED) is 0.727. The number of likely N-dealkylation sites (tertiary alicyclic amines) is 1. The molecule has 14 heavy (non-hydrogen) atoms. The molecular weight excluding hydrogens is 174 g/mol. The molecule has 1 aliphatic heterocycles. The van der Waals surface area contributed by atoms with Gasteiger partial charge < -0.3 is 0 Å². The van der Waals surface area contributed by atoms with Gasteiger partial charge in [0.15, 0.2) is 0 Å². The summed E-state index contributed by atoms with van der Waals surface area (Å²) < 4.78 is 0. The van der Waals surface area contributed by atoms with E-state index in [-0.39, 0.29) is 5.54 Å². The van der Waals surface area contributed by atoms with Crippen molar-refractivity contribution in [3.05, 3.63) is 0 Å². The molecule has 1 N–H and O–H groups in total. The Hall–Kier alpha value is -0.590. The summed E-state index contributed by atoms with van der Waals surface area (Å²) in [4.78, 5) is 2.48. The average Bonchev–Trinajstić information content (AvgIpc) is 2.98. The topological polar surface area (TPSA) is 39.1 Å². The van der Waals surface area contributed by atoms with Crippen LogP contribution in [0.1, 0.15) is 32.6 Å². The first-order valence-electron chi connectivity index (χ1n) is 5.70. The fourth-order valence-electron chi connectivity index (χ4n) is 2.23. The van der Waals surface area contributed by atoms with E-state index in [9.17, 15) is 5.26 Å². The number of nitrogens with one attached hydrogen (secondary N) is 1. The summed E-state index contributed by atoms with van der Waals surface area (Å²) in [6.07, 6.45) is 4.79. The van der Waals surface area contributed by atoms with Crippen LogP contribution in [0.4, 0.5) is 0 Å². The van der Waals surface area contributed by atoms with Gasteiger partial charge in [-0.1, -0.05) is 6.92 Å². The highest BCUT2D eigenvalue weighted by Crippen LogP contribution is 2.33. The summed E-state index contributed by atoms with van der Waals surface area (Å²) in [5, 5.41) is 12.6. The van der Waals surface area contributed by atoms with Gasteiger partial charge in [-0.05, 0) is 32.2 Å². The molecular formula is C11H19N3. The van der Waals surface area contributed by atoms with Crippen LogP contribution in [0.2, 0.25) is 0 Å². The minimum absolute atomic E-state index is 0.237. The summed E-state index contributed by atoms with van der Waals surface area (Å²) in [5.74, 6) is 0. The first kappa shape index (κ1) is 9.95. The SMILES string of the molecule is CCCNC1(C#N)CCN(C2CC2)C1. The zero-order valence-electron chi connectivity index (χ0n) is 8.92. The van der Waals surface area contributed by atoms with Crippen LogP contribution in [0, 0.1) is 11.3 Å². The van der Waals surface area contributed by atoms with Gasteiger partial charge in [-0.25, -0.2) is 0 Å². The molecule has 0 radical (unpaired) electrons. The van der Waals surface area contributed by atoms with Gasteiger partial charge in [0.25, 0.3) is 0 Å². The Bertz CT molecular complexity index is 241. The Balaban J connectivity index is 1.90. The Kier molecular flexibility index (Phi) is 2.76. The Morgan fingerprint density at radius 2 is 2.36 bits per heavy atom. The highest BCUT2D eigenvalue weighted by atomic mass is 15.2. The van der Waals surface area contributed by atoms with E-state index in [2.05, 4.69) is 23.2 Å². The monoisotopic (exact) mass is 193 g/mol. The summed E-state index contributed by atoms with van der Waals surface area (Å²) in [5.41, 5.74) is -0.237. The molecule has 0 aromatic heterocycles. The zero-order chi connectivity index (χ0) is 10.0. The summed E-state index contributed by atoms with van der Waals surface area (Å²) >= 11 is 0. The molecule has 3 nitrogen and oxygen atoms in total. The van der Waals surface area contributed by atoms with Crippen molar-refractivity contribution in [1.82, 2.24) is 10.2 Å². The van der Waals surface area contributed by atoms with E-state index in [1.807, 2.05) is 0 Å². The molecule has 1 heterocycles. The average molecular weight is 193 g/mol. The van der Waals surface area contributed by atoms with E-state index in [4.69, 9.17) is 0 Å². The number of nitriles is 1. The second-order valence-electron chi connectivity index (χ2n) is 4.57. The van der Waals surface area contributed by atoms with Crippen molar-refractivity contribution in [2.24, 2.45) is 0 Å². The highest BCUT2D eigenvalue weighted by Gasteiger charge is 2.42. The molecule has 78 valence electrons. The smallest absolute Gasteiger partial charge is 0.120 e. The van der Waals surface area contributed by atoms with E-state index < -0.39 is 0 Å². The molecule has 0 spiro atoms. The predicted molar refractivity (Wildman–Crippen MR) is 55.8 cm³/mol. The Labute approximate surface area is 86.1 Å². The maximum absolute atomic E-state index is 9.22. The third-order valence-electron chi connectivity index (χ3n) is 3.29. The number of nitrogens with zero attached hydrogens (tertiary/aromatic N) is 2. The Morgan fingerprint density at radius 1 is 1.57 bits per heavy atom. The van der Waals surface area contributed by atoms with E-state index in [0.717, 1.165) is 38.5 Å². The van der Waals surface area contributed by atoms with Crippen LogP contribution in [0.3, 0.4) is 0 Å². The molecule has 2 rings (SSSR count). The second kappa shape index (κ2) is 3.88. The van der Waals surface area contributed by atoms with Crippen molar-refractivity contribution in [3.63, 3.8) is 0 Å². The summed E-state index contributed by atoms with van der Waals surface area (Å²) in [7, 11) is 0. The lowest BCUT2D eigenvalue weighted by Crippen LogP contribution is -2.46. The van der Waals surface area contributed by atoms with E-state index >= 15 is 0 Å². The summed E-state index contributed by atoms with van der Waals surface area (Å²) in [6, 6.07) is 3.27. The second-order valence-corrected chi connectivity index (χ2v) is 4.57. The number of hydrogen-bond acceptors (Lipinski definition) is 3. The third-order valence-corrected chi connectivity index (χ3v) is 3.29. The Morgan fingerprint density at radius 3 is 2.93 bits per heavy atom. The van der Waals surface area contributed by atoms with E-state index in [0.29, 0.717) is 0 Å². The molecule has 1 saturated heterocycles. The van der Waals surface area contributed by atoms with Crippen molar-refractivity contribution >= 4 is 0 Å². The first-order valence-corrected chi connectivity index (χ1v) is 5.70. The van der Waals surface area contributed by atoms with E-state index in [1.165, 1.54) is 12.8 Å². The van der Waals surface area contributed by atoms with E-state index in [1.54, 1.807) is 0 Å². The predicted octanol–water partition coefficient (Wildman–Crippen LogP) is 1.12. The molecule has 2 aliphatic rings. The molecule has 1 atom stereocenters. The molecule has 1 saturated carbocycles. The maximum Gasteiger partial charge on any atom is 0.120 e. The molecule has 3 heteroatoms. The van der Waals surface area contributed by atoms with Crippen molar-refractivity contribution in [2.75, 3.05) is 19.6 Å². The van der Waals surface area contributed by atoms with Gasteiger partial charge in [-0.15, -0.1) is 0 Å². The van der Waals surface area contributed by atoms with Crippen LogP contribution in [0.25, 0.3) is 0 Å². The van der Waals surface area contributed by atoms with Crippen LogP contribution in [0.5, 0.6) is 0 Å². The van der Waals surface area contributed by atoms with Gasteiger partial charge in [-0.2, -0.15) is 5.26 Å². The number of rotatable bonds is 4. The van der Waals surface area contributed by atoms with Gasteiger partial charge in [0.2, 0.25) is 0 Å². The third kappa shape index (κ3) is 1.92. The minimum Gasteiger partial charge on any atom is -0.298 e. The first-order chi connectivity index (χ1) is 6.79. The molecule has 2 fully saturated rings. The van der Waals surface area contributed by atoms with Gasteiger partial charge in [0.1, 0.15) is 5.54 Å². The minimum atomic E-state index is -0.237. The molecule has 1 unspecified atom stereocenters. The fraction of sp³-hybridized carbons (Fsp3) is 0.909. The zero-order valence-corrected chi connectivity index (χ0v) is 8.92. The summed E-state index contributed by atoms with van der Waals surface area (Å²) in [6.45, 7) is 5.15. The fourth-order valence-corrected chi connectivity index (χ4v) is 2.23. The van der Waals surface area contributed by atoms with Crippen LogP contribution in [-0.2, 0) is 0 Å². The highest BCUT2D eigenvalue weighted by molar-refractivity contribution is 5.14. The number of hydrogen-bond donors (Lipinski definition) is 1. The molecule has 0 aromatic carbocycles. The van der Waals surface area contributed by atoms with Crippen molar-refractivity contribution in [1.29, 1.82) is 5.26 Å². The van der Waals surface area contributed by atoms with Crippen molar-refractivity contribution in [3.8, 4) is 6.07 Å². The lowest BCUT2D eigenvalue weighted by atomic mass is 10.0. The standard InChI is InChI=1S/C11H19N3/c1-2-6-13-11(8-12)5-7-14(9-11)10-3-4-10/h10,13H,2-7,9H2,1H3. The molecule has 1 aliphatic carbocycles. The van der Waals surface area contributed by atoms with Gasteiger partial charge >= 0.3 is 0 Å². The molecule has 0 aromatic rings. The van der Waals surface area contributed by atoms with Crippen LogP contribution in [-0.4, -0.2) is 36.1 Å². The van der Waals surface area contributed by atoms with Crippen LogP contribution in [0.15, 0.2) is 0 Å². The van der Waals surface area contributed by atoms with Gasteiger partial charge in [0.05, 0.1) is 6.07 Å². The maximum atomic E-state index is 9.22. The van der Waals surface area contributed by atoms with Crippen LogP contribution >= 0.6 is 0 Å². The van der Waals surface area contributed by atoms with Gasteiger partial charge in [0, 0.05) is 19.1 Å². The lowest BCUT2D eigenvalue weighted by molar-refractivity contribution is 0.301. The van der Waals surface area contributed by atoms with Crippen molar-refractivity contribution in [2.45, 2.75) is 44.2 Å². The van der Waals surface area contributed by atoms with Gasteiger partial charge in [-0.3, -0.25) is 10.2 Å². The molecule has 0 amide bonds. The molecule has 0 bridgehead atoms. The normalized spacial score (nSPS) is 33.1. The van der Waals surface area contributed by atoms with Crippen LogP contribution < -0.4 is 5.32 Å². The van der Waals surface area contributed by atoms with Crippen molar-refractivity contribution < 1.29 is 0 Å².